The fourth-order valence-electron chi connectivity index (χ4n) is 3.69. The maximum absolute atomic E-state index is 12.1. The van der Waals surface area contributed by atoms with E-state index >= 15 is 0 Å². The molecule has 3 aromatic rings. The predicted molar refractivity (Wildman–Crippen MR) is 125 cm³/mol. The van der Waals surface area contributed by atoms with Crippen molar-refractivity contribution in [3.8, 4) is 0 Å². The standard InChI is InChI=1S/C25H25N3O2S/c29-23(26-27-25(30)21-14-8-3-9-15-21)18-31-22-16-28(17-22)24(19-10-4-1-5-11-19)20-12-6-2-7-13-20/h1-15,22,24H,16-18H2,(H,26,29)(H,27,30). The summed E-state index contributed by atoms with van der Waals surface area (Å²) >= 11 is 1.63. The molecule has 5 nitrogen and oxygen atoms in total. The Hall–Kier alpha value is -3.09. The summed E-state index contributed by atoms with van der Waals surface area (Å²) in [5.74, 6) is -0.202. The minimum Gasteiger partial charge on any atom is -0.290 e. The number of likely N-dealkylation sites (tertiary alicyclic amines) is 1. The fourth-order valence-corrected chi connectivity index (χ4v) is 4.74. The first-order valence-corrected chi connectivity index (χ1v) is 11.4. The number of carbonyl (C=O) groups is 2. The lowest BCUT2D eigenvalue weighted by atomic mass is 9.94. The van der Waals surface area contributed by atoms with Crippen LogP contribution < -0.4 is 10.9 Å². The van der Waals surface area contributed by atoms with E-state index in [-0.39, 0.29) is 17.9 Å². The molecule has 6 heteroatoms. The zero-order valence-electron chi connectivity index (χ0n) is 17.1. The molecule has 158 valence electrons. The van der Waals surface area contributed by atoms with E-state index in [1.54, 1.807) is 36.0 Å². The van der Waals surface area contributed by atoms with Gasteiger partial charge in [-0.1, -0.05) is 78.9 Å². The lowest BCUT2D eigenvalue weighted by molar-refractivity contribution is -0.119. The molecule has 0 atom stereocenters. The summed E-state index contributed by atoms with van der Waals surface area (Å²) in [5, 5.41) is 0.394. The summed E-state index contributed by atoms with van der Waals surface area (Å²) in [6.07, 6.45) is 0. The van der Waals surface area contributed by atoms with Crippen molar-refractivity contribution in [2.45, 2.75) is 11.3 Å². The quantitative estimate of drug-likeness (QED) is 0.561. The molecule has 0 aromatic heterocycles. The van der Waals surface area contributed by atoms with Gasteiger partial charge in [0.25, 0.3) is 5.91 Å². The van der Waals surface area contributed by atoms with Crippen molar-refractivity contribution in [1.29, 1.82) is 0 Å². The molecule has 2 N–H and O–H groups in total. The third kappa shape index (κ3) is 5.54. The molecule has 0 radical (unpaired) electrons. The predicted octanol–water partition coefficient (Wildman–Crippen LogP) is 3.65. The van der Waals surface area contributed by atoms with Crippen LogP contribution in [0, 0.1) is 0 Å². The number of nitrogens with zero attached hydrogens (tertiary/aromatic N) is 1. The van der Waals surface area contributed by atoms with Gasteiger partial charge < -0.3 is 0 Å². The first kappa shape index (κ1) is 21.2. The summed E-state index contributed by atoms with van der Waals surface area (Å²) in [6, 6.07) is 30.1. The van der Waals surface area contributed by atoms with Gasteiger partial charge in [-0.05, 0) is 23.3 Å². The van der Waals surface area contributed by atoms with Crippen LogP contribution in [-0.2, 0) is 4.79 Å². The lowest BCUT2D eigenvalue weighted by Crippen LogP contribution is -2.51. The number of hydrazine groups is 1. The second-order valence-electron chi connectivity index (χ2n) is 7.48. The molecule has 1 saturated heterocycles. The van der Waals surface area contributed by atoms with Gasteiger partial charge >= 0.3 is 0 Å². The van der Waals surface area contributed by atoms with Gasteiger partial charge in [0.05, 0.1) is 11.8 Å². The minimum absolute atomic E-state index is 0.199. The Morgan fingerprint density at radius 3 is 1.87 bits per heavy atom. The molecule has 0 unspecified atom stereocenters. The van der Waals surface area contributed by atoms with Gasteiger partial charge in [-0.15, -0.1) is 11.8 Å². The normalized spacial score (nSPS) is 14.1. The first-order valence-electron chi connectivity index (χ1n) is 10.3. The van der Waals surface area contributed by atoms with E-state index in [1.165, 1.54) is 11.1 Å². The number of hydrogen-bond donors (Lipinski definition) is 2. The second-order valence-corrected chi connectivity index (χ2v) is 8.77. The van der Waals surface area contributed by atoms with Crippen molar-refractivity contribution in [2.24, 2.45) is 0 Å². The summed E-state index contributed by atoms with van der Waals surface area (Å²) in [6.45, 7) is 1.84. The molecule has 1 aliphatic rings. The molecule has 3 aromatic carbocycles. The molecule has 4 rings (SSSR count). The molecule has 31 heavy (non-hydrogen) atoms. The Morgan fingerprint density at radius 2 is 1.32 bits per heavy atom. The van der Waals surface area contributed by atoms with Crippen molar-refractivity contribution in [3.63, 3.8) is 0 Å². The van der Waals surface area contributed by atoms with Gasteiger partial charge in [-0.3, -0.25) is 25.3 Å². The van der Waals surface area contributed by atoms with Gasteiger partial charge in [-0.25, -0.2) is 0 Å². The van der Waals surface area contributed by atoms with E-state index in [2.05, 4.69) is 64.3 Å². The Bertz CT molecular complexity index is 954. The van der Waals surface area contributed by atoms with Crippen LogP contribution in [0.2, 0.25) is 0 Å². The topological polar surface area (TPSA) is 61.4 Å². The average molecular weight is 432 g/mol. The molecule has 1 heterocycles. The van der Waals surface area contributed by atoms with Crippen LogP contribution in [0.4, 0.5) is 0 Å². The fraction of sp³-hybridized carbons (Fsp3) is 0.200. The highest BCUT2D eigenvalue weighted by molar-refractivity contribution is 8.00. The third-order valence-electron chi connectivity index (χ3n) is 5.27. The second kappa shape index (κ2) is 10.3. The molecule has 0 spiro atoms. The minimum atomic E-state index is -0.317. The maximum Gasteiger partial charge on any atom is 0.269 e. The Balaban J connectivity index is 1.25. The van der Waals surface area contributed by atoms with Crippen molar-refractivity contribution in [3.05, 3.63) is 108 Å². The van der Waals surface area contributed by atoms with Crippen LogP contribution >= 0.6 is 11.8 Å². The molecular weight excluding hydrogens is 406 g/mol. The zero-order chi connectivity index (χ0) is 21.5. The van der Waals surface area contributed by atoms with Crippen molar-refractivity contribution < 1.29 is 9.59 Å². The highest BCUT2D eigenvalue weighted by Crippen LogP contribution is 2.35. The molecule has 0 aliphatic carbocycles. The summed E-state index contributed by atoms with van der Waals surface area (Å²) in [7, 11) is 0. The van der Waals surface area contributed by atoms with Gasteiger partial charge in [-0.2, -0.15) is 0 Å². The SMILES string of the molecule is O=C(CSC1CN(C(c2ccccc2)c2ccccc2)C1)NNC(=O)c1ccccc1. The molecular formula is C25H25N3O2S. The molecule has 0 saturated carbocycles. The van der Waals surface area contributed by atoms with E-state index in [1.807, 2.05) is 18.2 Å². The summed E-state index contributed by atoms with van der Waals surface area (Å²) in [5.41, 5.74) is 8.03. The van der Waals surface area contributed by atoms with Gasteiger partial charge in [0.15, 0.2) is 0 Å². The Kier molecular flexibility index (Phi) is 7.02. The van der Waals surface area contributed by atoms with Crippen molar-refractivity contribution >= 4 is 23.6 Å². The average Bonchev–Trinajstić information content (AvgIpc) is 2.80. The molecule has 2 amide bonds. The maximum atomic E-state index is 12.1. The Morgan fingerprint density at radius 1 is 0.806 bits per heavy atom. The monoisotopic (exact) mass is 431 g/mol. The zero-order valence-corrected chi connectivity index (χ0v) is 17.9. The van der Waals surface area contributed by atoms with Crippen LogP contribution in [0.3, 0.4) is 0 Å². The van der Waals surface area contributed by atoms with Crippen LogP contribution in [-0.4, -0.2) is 40.8 Å². The van der Waals surface area contributed by atoms with Crippen LogP contribution in [0.1, 0.15) is 27.5 Å². The van der Waals surface area contributed by atoms with Crippen molar-refractivity contribution in [1.82, 2.24) is 15.8 Å². The number of amides is 2. The number of nitrogens with one attached hydrogen (secondary N) is 2. The van der Waals surface area contributed by atoms with Gasteiger partial charge in [0.1, 0.15) is 0 Å². The smallest absolute Gasteiger partial charge is 0.269 e. The lowest BCUT2D eigenvalue weighted by Gasteiger charge is -2.44. The van der Waals surface area contributed by atoms with E-state index < -0.39 is 0 Å². The number of thioether (sulfide) groups is 1. The number of benzene rings is 3. The number of carbonyl (C=O) groups excluding carboxylic acids is 2. The summed E-state index contributed by atoms with van der Waals surface area (Å²) < 4.78 is 0. The Labute approximate surface area is 186 Å². The van der Waals surface area contributed by atoms with E-state index in [4.69, 9.17) is 0 Å². The molecule has 1 aliphatic heterocycles. The van der Waals surface area contributed by atoms with Crippen LogP contribution in [0.25, 0.3) is 0 Å². The third-order valence-corrected chi connectivity index (χ3v) is 6.47. The summed E-state index contributed by atoms with van der Waals surface area (Å²) in [4.78, 5) is 26.6. The van der Waals surface area contributed by atoms with Crippen LogP contribution in [0.15, 0.2) is 91.0 Å². The van der Waals surface area contributed by atoms with E-state index in [0.29, 0.717) is 16.6 Å². The number of rotatable bonds is 7. The van der Waals surface area contributed by atoms with Crippen LogP contribution in [0.5, 0.6) is 0 Å². The largest absolute Gasteiger partial charge is 0.290 e. The highest BCUT2D eigenvalue weighted by Gasteiger charge is 2.34. The van der Waals surface area contributed by atoms with E-state index in [9.17, 15) is 9.59 Å². The van der Waals surface area contributed by atoms with Gasteiger partial charge in [0, 0.05) is 23.9 Å². The number of hydrogen-bond acceptors (Lipinski definition) is 4. The van der Waals surface area contributed by atoms with Gasteiger partial charge in [0.2, 0.25) is 5.91 Å². The first-order chi connectivity index (χ1) is 15.2. The molecule has 1 fully saturated rings. The van der Waals surface area contributed by atoms with E-state index in [0.717, 1.165) is 13.1 Å². The van der Waals surface area contributed by atoms with Crippen molar-refractivity contribution in [2.75, 3.05) is 18.8 Å². The highest BCUT2D eigenvalue weighted by atomic mass is 32.2. The molecule has 0 bridgehead atoms.